The molecule has 3 heterocycles. The summed E-state index contributed by atoms with van der Waals surface area (Å²) in [5.41, 5.74) is 3.32. The lowest BCUT2D eigenvalue weighted by molar-refractivity contribution is 0.292. The van der Waals surface area contributed by atoms with E-state index in [4.69, 9.17) is 4.74 Å². The number of likely N-dealkylation sites (tertiary alicyclic amines) is 1. The number of methoxy groups -OCH3 is 1. The van der Waals surface area contributed by atoms with Crippen LogP contribution in [0.25, 0.3) is 11.3 Å². The van der Waals surface area contributed by atoms with E-state index < -0.39 is 0 Å². The third-order valence-electron chi connectivity index (χ3n) is 4.96. The van der Waals surface area contributed by atoms with Gasteiger partial charge >= 0.3 is 0 Å². The predicted molar refractivity (Wildman–Crippen MR) is 88.4 cm³/mol. The van der Waals surface area contributed by atoms with Gasteiger partial charge in [-0.15, -0.1) is 0 Å². The van der Waals surface area contributed by atoms with Crippen molar-refractivity contribution in [1.29, 1.82) is 0 Å². The van der Waals surface area contributed by atoms with Gasteiger partial charge in [0.25, 0.3) is 0 Å². The highest BCUT2D eigenvalue weighted by Gasteiger charge is 2.41. The first-order valence-electron chi connectivity index (χ1n) is 7.82. The van der Waals surface area contributed by atoms with Crippen LogP contribution in [-0.4, -0.2) is 49.2 Å². The Morgan fingerprint density at radius 3 is 2.68 bits per heavy atom. The number of hydrogen-bond acceptors (Lipinski definition) is 4. The van der Waals surface area contributed by atoms with Crippen molar-refractivity contribution in [3.05, 3.63) is 42.6 Å². The van der Waals surface area contributed by atoms with Gasteiger partial charge in [0.05, 0.1) is 24.7 Å². The van der Waals surface area contributed by atoms with E-state index in [0.29, 0.717) is 12.1 Å². The van der Waals surface area contributed by atoms with Crippen LogP contribution in [0.1, 0.15) is 6.42 Å². The molecule has 2 unspecified atom stereocenters. The maximum absolute atomic E-state index is 5.28. The van der Waals surface area contributed by atoms with Gasteiger partial charge in [0.1, 0.15) is 5.75 Å². The first-order valence-corrected chi connectivity index (χ1v) is 7.82. The van der Waals surface area contributed by atoms with Gasteiger partial charge in [0.15, 0.2) is 0 Å². The van der Waals surface area contributed by atoms with E-state index in [1.54, 1.807) is 7.11 Å². The molecule has 0 aliphatic carbocycles. The van der Waals surface area contributed by atoms with Gasteiger partial charge in [-0.25, -0.2) is 0 Å². The van der Waals surface area contributed by atoms with Crippen molar-refractivity contribution < 1.29 is 4.74 Å². The molecule has 114 valence electrons. The smallest absolute Gasteiger partial charge is 0.119 e. The first-order chi connectivity index (χ1) is 10.7. The number of benzene rings is 1. The van der Waals surface area contributed by atoms with Gasteiger partial charge < -0.3 is 9.64 Å². The second-order valence-electron chi connectivity index (χ2n) is 6.27. The highest BCUT2D eigenvalue weighted by atomic mass is 16.5. The van der Waals surface area contributed by atoms with Crippen LogP contribution in [-0.2, 0) is 0 Å². The topological polar surface area (TPSA) is 28.6 Å². The molecule has 0 saturated carbocycles. The SMILES string of the molecule is COc1cccc(-c2ccc(N3CC4CC3CN4C)cn2)c1. The Labute approximate surface area is 131 Å². The van der Waals surface area contributed by atoms with E-state index in [-0.39, 0.29) is 0 Å². The lowest BCUT2D eigenvalue weighted by Gasteiger charge is -2.33. The summed E-state index contributed by atoms with van der Waals surface area (Å²) in [6.45, 7) is 2.30. The number of anilines is 1. The monoisotopic (exact) mass is 295 g/mol. The highest BCUT2D eigenvalue weighted by Crippen LogP contribution is 2.34. The summed E-state index contributed by atoms with van der Waals surface area (Å²) in [5, 5.41) is 0. The normalized spacial score (nSPS) is 24.0. The van der Waals surface area contributed by atoms with Crippen molar-refractivity contribution in [1.82, 2.24) is 9.88 Å². The average Bonchev–Trinajstić information content (AvgIpc) is 3.14. The van der Waals surface area contributed by atoms with Gasteiger partial charge in [-0.3, -0.25) is 9.88 Å². The van der Waals surface area contributed by atoms with Gasteiger partial charge in [-0.1, -0.05) is 12.1 Å². The van der Waals surface area contributed by atoms with E-state index >= 15 is 0 Å². The quantitative estimate of drug-likeness (QED) is 0.870. The van der Waals surface area contributed by atoms with Crippen LogP contribution in [0.15, 0.2) is 42.6 Å². The third-order valence-corrected chi connectivity index (χ3v) is 4.96. The number of nitrogens with zero attached hydrogens (tertiary/aromatic N) is 3. The van der Waals surface area contributed by atoms with E-state index in [0.717, 1.165) is 23.6 Å². The summed E-state index contributed by atoms with van der Waals surface area (Å²) >= 11 is 0. The van der Waals surface area contributed by atoms with E-state index in [9.17, 15) is 0 Å². The van der Waals surface area contributed by atoms with Crippen molar-refractivity contribution in [3.8, 4) is 17.0 Å². The summed E-state index contributed by atoms with van der Waals surface area (Å²) in [6, 6.07) is 13.7. The van der Waals surface area contributed by atoms with Gasteiger partial charge in [0.2, 0.25) is 0 Å². The summed E-state index contributed by atoms with van der Waals surface area (Å²) in [7, 11) is 3.92. The molecule has 0 spiro atoms. The molecule has 2 fully saturated rings. The molecule has 4 rings (SSSR count). The zero-order valence-corrected chi connectivity index (χ0v) is 13.1. The molecule has 0 amide bonds. The van der Waals surface area contributed by atoms with Crippen LogP contribution < -0.4 is 9.64 Å². The van der Waals surface area contributed by atoms with Crippen LogP contribution in [0.5, 0.6) is 5.75 Å². The minimum atomic E-state index is 0.652. The van der Waals surface area contributed by atoms with Crippen LogP contribution in [0.2, 0.25) is 0 Å². The Balaban J connectivity index is 1.56. The largest absolute Gasteiger partial charge is 0.497 e. The number of pyridine rings is 1. The van der Waals surface area contributed by atoms with Crippen molar-refractivity contribution in [2.75, 3.05) is 32.1 Å². The first kappa shape index (κ1) is 13.6. The molecule has 2 atom stereocenters. The molecule has 0 radical (unpaired) electrons. The Kier molecular flexibility index (Phi) is 3.26. The number of rotatable bonds is 3. The minimum Gasteiger partial charge on any atom is -0.497 e. The molecule has 2 bridgehead atoms. The minimum absolute atomic E-state index is 0.652. The Morgan fingerprint density at radius 2 is 2.05 bits per heavy atom. The second-order valence-corrected chi connectivity index (χ2v) is 6.27. The lowest BCUT2D eigenvalue weighted by Crippen LogP contribution is -2.44. The van der Waals surface area contributed by atoms with Crippen LogP contribution in [0, 0.1) is 0 Å². The maximum Gasteiger partial charge on any atom is 0.119 e. The molecule has 2 aromatic rings. The second kappa shape index (κ2) is 5.29. The van der Waals surface area contributed by atoms with E-state index in [2.05, 4.69) is 40.0 Å². The molecular formula is C18H21N3O. The number of piperazine rings is 1. The van der Waals surface area contributed by atoms with Crippen molar-refractivity contribution in [2.45, 2.75) is 18.5 Å². The van der Waals surface area contributed by atoms with Crippen LogP contribution in [0.3, 0.4) is 0 Å². The molecule has 2 aliphatic heterocycles. The summed E-state index contributed by atoms with van der Waals surface area (Å²) in [4.78, 5) is 9.64. The molecule has 1 aromatic heterocycles. The number of ether oxygens (including phenoxy) is 1. The summed E-state index contributed by atoms with van der Waals surface area (Å²) in [6.07, 6.45) is 3.30. The number of likely N-dealkylation sites (N-methyl/N-ethyl adjacent to an activating group) is 1. The Morgan fingerprint density at radius 1 is 1.14 bits per heavy atom. The molecule has 4 heteroatoms. The zero-order chi connectivity index (χ0) is 15.1. The molecule has 1 aromatic carbocycles. The van der Waals surface area contributed by atoms with E-state index in [1.165, 1.54) is 18.7 Å². The number of hydrogen-bond donors (Lipinski definition) is 0. The van der Waals surface area contributed by atoms with Gasteiger partial charge in [-0.2, -0.15) is 0 Å². The van der Waals surface area contributed by atoms with Gasteiger partial charge in [-0.05, 0) is 37.7 Å². The fourth-order valence-corrected chi connectivity index (χ4v) is 3.69. The fourth-order valence-electron chi connectivity index (χ4n) is 3.69. The van der Waals surface area contributed by atoms with Crippen molar-refractivity contribution in [2.24, 2.45) is 0 Å². The average molecular weight is 295 g/mol. The molecular weight excluding hydrogens is 274 g/mol. The highest BCUT2D eigenvalue weighted by molar-refractivity contribution is 5.63. The number of aromatic nitrogens is 1. The summed E-state index contributed by atoms with van der Waals surface area (Å²) in [5.74, 6) is 0.864. The van der Waals surface area contributed by atoms with Crippen LogP contribution in [0.4, 0.5) is 5.69 Å². The molecule has 0 N–H and O–H groups in total. The lowest BCUT2D eigenvalue weighted by atomic mass is 10.1. The van der Waals surface area contributed by atoms with Crippen molar-refractivity contribution >= 4 is 5.69 Å². The molecule has 2 saturated heterocycles. The van der Waals surface area contributed by atoms with Gasteiger partial charge in [0, 0.05) is 30.7 Å². The Hall–Kier alpha value is -2.07. The van der Waals surface area contributed by atoms with E-state index in [1.807, 2.05) is 24.4 Å². The molecule has 22 heavy (non-hydrogen) atoms. The Bertz CT molecular complexity index is 668. The maximum atomic E-state index is 5.28. The third kappa shape index (κ3) is 2.24. The molecule has 4 nitrogen and oxygen atoms in total. The molecule has 2 aliphatic rings. The standard InChI is InChI=1S/C18H21N3O/c1-20-11-16-9-15(20)12-21(16)14-6-7-18(19-10-14)13-4-3-5-17(8-13)22-2/h3-8,10,15-16H,9,11-12H2,1-2H3. The zero-order valence-electron chi connectivity index (χ0n) is 13.1. The summed E-state index contributed by atoms with van der Waals surface area (Å²) < 4.78 is 5.28. The fraction of sp³-hybridized carbons (Fsp3) is 0.389. The predicted octanol–water partition coefficient (Wildman–Crippen LogP) is 2.65. The van der Waals surface area contributed by atoms with Crippen molar-refractivity contribution in [3.63, 3.8) is 0 Å². The number of fused-ring (bicyclic) bond motifs is 2. The van der Waals surface area contributed by atoms with Crippen LogP contribution >= 0.6 is 0 Å².